The first-order valence-corrected chi connectivity index (χ1v) is 7.04. The van der Waals surface area contributed by atoms with Crippen LogP contribution in [0.2, 0.25) is 0 Å². The van der Waals surface area contributed by atoms with E-state index in [1.807, 2.05) is 20.8 Å². The molecule has 6 nitrogen and oxygen atoms in total. The number of nitro benzene ring substituents is 1. The fraction of sp³-hybridized carbons (Fsp3) is 0.533. The lowest BCUT2D eigenvalue weighted by Crippen LogP contribution is -2.50. The van der Waals surface area contributed by atoms with E-state index < -0.39 is 4.92 Å². The molecule has 2 N–H and O–H groups in total. The minimum absolute atomic E-state index is 0.0521. The molecule has 0 heterocycles. The number of hydrogen-bond acceptors (Lipinski definition) is 4. The van der Waals surface area contributed by atoms with Crippen molar-refractivity contribution in [2.45, 2.75) is 52.2 Å². The Kier molecular flexibility index (Phi) is 5.84. The highest BCUT2D eigenvalue weighted by Crippen LogP contribution is 2.12. The van der Waals surface area contributed by atoms with Crippen molar-refractivity contribution < 1.29 is 9.72 Å². The van der Waals surface area contributed by atoms with Crippen LogP contribution in [0, 0.1) is 10.1 Å². The quantitative estimate of drug-likeness (QED) is 0.597. The molecule has 0 fully saturated rings. The van der Waals surface area contributed by atoms with E-state index in [4.69, 9.17) is 0 Å². The van der Waals surface area contributed by atoms with Gasteiger partial charge in [-0.15, -0.1) is 0 Å². The molecule has 1 unspecified atom stereocenters. The Bertz CT molecular complexity index is 497. The van der Waals surface area contributed by atoms with Crippen molar-refractivity contribution in [1.29, 1.82) is 0 Å². The molecule has 0 bridgehead atoms. The molecule has 1 aromatic carbocycles. The van der Waals surface area contributed by atoms with E-state index in [1.54, 1.807) is 19.1 Å². The summed E-state index contributed by atoms with van der Waals surface area (Å²) in [7, 11) is 0. The van der Waals surface area contributed by atoms with Crippen molar-refractivity contribution in [2.24, 2.45) is 0 Å². The zero-order valence-electron chi connectivity index (χ0n) is 13.0. The summed E-state index contributed by atoms with van der Waals surface area (Å²) in [5.74, 6) is -0.0521. The highest BCUT2D eigenvalue weighted by molar-refractivity contribution is 5.81. The van der Waals surface area contributed by atoms with Crippen LogP contribution in [0.1, 0.15) is 39.7 Å². The maximum Gasteiger partial charge on any atom is 0.269 e. The van der Waals surface area contributed by atoms with E-state index in [9.17, 15) is 14.9 Å². The van der Waals surface area contributed by atoms with Crippen LogP contribution in [0.15, 0.2) is 24.3 Å². The minimum atomic E-state index is -0.430. The summed E-state index contributed by atoms with van der Waals surface area (Å²) in [5, 5.41) is 16.7. The summed E-state index contributed by atoms with van der Waals surface area (Å²) in [4.78, 5) is 22.2. The molecule has 0 saturated heterocycles. The molecule has 1 amide bonds. The van der Waals surface area contributed by atoms with Crippen molar-refractivity contribution in [3.05, 3.63) is 39.9 Å². The second-order valence-electron chi connectivity index (χ2n) is 5.75. The second-order valence-corrected chi connectivity index (χ2v) is 5.75. The first-order valence-electron chi connectivity index (χ1n) is 7.04. The number of nitrogens with zero attached hydrogens (tertiary/aromatic N) is 1. The fourth-order valence-electron chi connectivity index (χ4n) is 1.63. The topological polar surface area (TPSA) is 84.3 Å². The molecular formula is C15H23N3O3. The molecule has 0 aliphatic heterocycles. The number of non-ortho nitro benzene ring substituents is 1. The third-order valence-corrected chi connectivity index (χ3v) is 3.50. The number of hydrogen-bond donors (Lipinski definition) is 2. The van der Waals surface area contributed by atoms with Gasteiger partial charge in [0.05, 0.1) is 11.0 Å². The highest BCUT2D eigenvalue weighted by atomic mass is 16.6. The van der Waals surface area contributed by atoms with Crippen LogP contribution in [0.3, 0.4) is 0 Å². The molecule has 0 aliphatic carbocycles. The first kappa shape index (κ1) is 17.1. The molecule has 0 aromatic heterocycles. The summed E-state index contributed by atoms with van der Waals surface area (Å²) in [6.45, 7) is 8.27. The van der Waals surface area contributed by atoms with E-state index >= 15 is 0 Å². The van der Waals surface area contributed by atoms with Crippen molar-refractivity contribution in [3.8, 4) is 0 Å². The van der Waals surface area contributed by atoms with Crippen LogP contribution in [0.4, 0.5) is 5.69 Å². The Hall–Kier alpha value is -1.95. The lowest BCUT2D eigenvalue weighted by molar-refractivity contribution is -0.384. The summed E-state index contributed by atoms with van der Waals surface area (Å²) in [6, 6.07) is 5.97. The molecule has 6 heteroatoms. The van der Waals surface area contributed by atoms with Crippen molar-refractivity contribution in [3.63, 3.8) is 0 Å². The molecule has 1 aromatic rings. The largest absolute Gasteiger partial charge is 0.350 e. The minimum Gasteiger partial charge on any atom is -0.350 e. The molecule has 116 valence electrons. The van der Waals surface area contributed by atoms with Crippen LogP contribution in [0.25, 0.3) is 0 Å². The van der Waals surface area contributed by atoms with E-state index in [0.29, 0.717) is 6.54 Å². The van der Waals surface area contributed by atoms with Gasteiger partial charge in [-0.05, 0) is 32.8 Å². The van der Waals surface area contributed by atoms with Gasteiger partial charge in [0.1, 0.15) is 0 Å². The van der Waals surface area contributed by atoms with E-state index in [-0.39, 0.29) is 23.2 Å². The van der Waals surface area contributed by atoms with Gasteiger partial charge in [0.2, 0.25) is 5.91 Å². The third kappa shape index (κ3) is 5.51. The van der Waals surface area contributed by atoms with Crippen LogP contribution >= 0.6 is 0 Å². The summed E-state index contributed by atoms with van der Waals surface area (Å²) in [6.07, 6.45) is 0.855. The van der Waals surface area contributed by atoms with Gasteiger partial charge in [0, 0.05) is 24.2 Å². The number of benzene rings is 1. The third-order valence-electron chi connectivity index (χ3n) is 3.50. The van der Waals surface area contributed by atoms with Crippen molar-refractivity contribution in [1.82, 2.24) is 10.6 Å². The van der Waals surface area contributed by atoms with Gasteiger partial charge >= 0.3 is 0 Å². The predicted molar refractivity (Wildman–Crippen MR) is 81.9 cm³/mol. The SMILES string of the molecule is CCC(C)(C)NC(=O)C(C)NCc1ccc([N+](=O)[O-])cc1. The molecule has 0 radical (unpaired) electrons. The molecule has 21 heavy (non-hydrogen) atoms. The van der Waals surface area contributed by atoms with Crippen molar-refractivity contribution >= 4 is 11.6 Å². The van der Waals surface area contributed by atoms with Gasteiger partial charge in [-0.3, -0.25) is 14.9 Å². The number of carbonyl (C=O) groups is 1. The Labute approximate surface area is 125 Å². The normalized spacial score (nSPS) is 12.8. The molecule has 0 saturated carbocycles. The van der Waals surface area contributed by atoms with Gasteiger partial charge in [-0.25, -0.2) is 0 Å². The second kappa shape index (κ2) is 7.17. The lowest BCUT2D eigenvalue weighted by atomic mass is 10.0. The fourth-order valence-corrected chi connectivity index (χ4v) is 1.63. The van der Waals surface area contributed by atoms with Crippen LogP contribution in [0.5, 0.6) is 0 Å². The summed E-state index contributed by atoms with van der Waals surface area (Å²) in [5.41, 5.74) is 0.740. The molecule has 0 spiro atoms. The zero-order chi connectivity index (χ0) is 16.0. The smallest absolute Gasteiger partial charge is 0.269 e. The Morgan fingerprint density at radius 2 is 1.90 bits per heavy atom. The lowest BCUT2D eigenvalue weighted by Gasteiger charge is -2.26. The Morgan fingerprint density at radius 1 is 1.33 bits per heavy atom. The van der Waals surface area contributed by atoms with Crippen LogP contribution < -0.4 is 10.6 Å². The number of carbonyl (C=O) groups excluding carboxylic acids is 1. The first-order chi connectivity index (χ1) is 9.75. The number of nitro groups is 1. The zero-order valence-corrected chi connectivity index (χ0v) is 13.0. The molecular weight excluding hydrogens is 270 g/mol. The molecule has 1 rings (SSSR count). The van der Waals surface area contributed by atoms with Gasteiger partial charge in [-0.2, -0.15) is 0 Å². The molecule has 1 atom stereocenters. The van der Waals surface area contributed by atoms with E-state index in [2.05, 4.69) is 10.6 Å². The number of nitrogens with one attached hydrogen (secondary N) is 2. The average molecular weight is 293 g/mol. The number of rotatable bonds is 7. The maximum absolute atomic E-state index is 12.0. The summed E-state index contributed by atoms with van der Waals surface area (Å²) < 4.78 is 0. The van der Waals surface area contributed by atoms with Crippen LogP contribution in [-0.2, 0) is 11.3 Å². The number of amides is 1. The van der Waals surface area contributed by atoms with Gasteiger partial charge in [-0.1, -0.05) is 19.1 Å². The van der Waals surface area contributed by atoms with E-state index in [0.717, 1.165) is 12.0 Å². The maximum atomic E-state index is 12.0. The monoisotopic (exact) mass is 293 g/mol. The van der Waals surface area contributed by atoms with Gasteiger partial charge in [0.15, 0.2) is 0 Å². The Morgan fingerprint density at radius 3 is 2.38 bits per heavy atom. The predicted octanol–water partition coefficient (Wildman–Crippen LogP) is 2.38. The molecule has 0 aliphatic rings. The van der Waals surface area contributed by atoms with Crippen LogP contribution in [-0.4, -0.2) is 22.4 Å². The van der Waals surface area contributed by atoms with Gasteiger partial charge < -0.3 is 10.6 Å². The van der Waals surface area contributed by atoms with Crippen molar-refractivity contribution in [2.75, 3.05) is 0 Å². The highest BCUT2D eigenvalue weighted by Gasteiger charge is 2.21. The standard InChI is InChI=1S/C15H23N3O3/c1-5-15(3,4)17-14(19)11(2)16-10-12-6-8-13(9-7-12)18(20)21/h6-9,11,16H,5,10H2,1-4H3,(H,17,19). The summed E-state index contributed by atoms with van der Waals surface area (Å²) >= 11 is 0. The van der Waals surface area contributed by atoms with Gasteiger partial charge in [0.25, 0.3) is 5.69 Å². The Balaban J connectivity index is 2.50. The van der Waals surface area contributed by atoms with E-state index in [1.165, 1.54) is 12.1 Å². The average Bonchev–Trinajstić information content (AvgIpc) is 2.44.